The molecule has 174 valence electrons. The summed E-state index contributed by atoms with van der Waals surface area (Å²) in [5, 5.41) is 26.2. The van der Waals surface area contributed by atoms with Gasteiger partial charge in [-0.25, -0.2) is 22.2 Å². The van der Waals surface area contributed by atoms with Crippen molar-refractivity contribution >= 4 is 32.6 Å². The van der Waals surface area contributed by atoms with E-state index in [1.54, 1.807) is 0 Å². The van der Waals surface area contributed by atoms with E-state index in [9.17, 15) is 27.6 Å². The number of aromatic nitrogens is 4. The molecule has 33 heavy (non-hydrogen) atoms. The summed E-state index contributed by atoms with van der Waals surface area (Å²) in [7, 11) is -4.07. The van der Waals surface area contributed by atoms with Crippen molar-refractivity contribution in [3.8, 4) is 16.9 Å². The Morgan fingerprint density at radius 2 is 2.03 bits per heavy atom. The van der Waals surface area contributed by atoms with E-state index < -0.39 is 33.1 Å². The number of nitrogens with zero attached hydrogens (tertiary/aromatic N) is 6. The number of aliphatic hydroxyl groups excluding tert-OH is 1. The van der Waals surface area contributed by atoms with Crippen LogP contribution in [0.3, 0.4) is 0 Å². The minimum absolute atomic E-state index is 0.0875. The normalized spacial score (nSPS) is 18.7. The lowest BCUT2D eigenvalue weighted by atomic mass is 10.1. The van der Waals surface area contributed by atoms with Crippen molar-refractivity contribution in [1.82, 2.24) is 24.3 Å². The first-order valence-electron chi connectivity index (χ1n) is 10.2. The van der Waals surface area contributed by atoms with Crippen molar-refractivity contribution in [2.24, 2.45) is 0 Å². The average molecular weight is 496 g/mol. The molecule has 0 amide bonds. The van der Waals surface area contributed by atoms with E-state index in [1.165, 1.54) is 22.9 Å². The average Bonchev–Trinajstić information content (AvgIpc) is 3.19. The summed E-state index contributed by atoms with van der Waals surface area (Å²) in [5.74, 6) is 0.186. The number of nitrogens with one attached hydrogen (secondary N) is 1. The molecule has 0 radical (unpaired) electrons. The Morgan fingerprint density at radius 3 is 2.64 bits per heavy atom. The van der Waals surface area contributed by atoms with Gasteiger partial charge in [0.1, 0.15) is 10.4 Å². The number of alkyl halides is 2. The zero-order valence-corrected chi connectivity index (χ0v) is 18.8. The van der Waals surface area contributed by atoms with Gasteiger partial charge in [-0.3, -0.25) is 4.40 Å². The molecule has 0 aromatic carbocycles. The minimum atomic E-state index is -4.07. The van der Waals surface area contributed by atoms with E-state index in [4.69, 9.17) is 0 Å². The third-order valence-corrected chi connectivity index (χ3v) is 8.25. The van der Waals surface area contributed by atoms with E-state index >= 15 is 0 Å². The van der Waals surface area contributed by atoms with Gasteiger partial charge in [0.05, 0.1) is 29.6 Å². The van der Waals surface area contributed by atoms with Crippen LogP contribution >= 0.6 is 11.3 Å². The summed E-state index contributed by atoms with van der Waals surface area (Å²) in [5.41, 5.74) is 0.0336. The number of sulfonamides is 1. The second-order valence-corrected chi connectivity index (χ2v) is 10.9. The molecule has 2 aliphatic rings. The van der Waals surface area contributed by atoms with Crippen LogP contribution < -0.4 is 9.62 Å². The maximum absolute atomic E-state index is 13.2. The molecule has 4 heterocycles. The highest BCUT2D eigenvalue weighted by Gasteiger charge is 2.47. The lowest BCUT2D eigenvalue weighted by Crippen LogP contribution is -2.37. The number of hydrogen-bond donors (Lipinski definition) is 2. The quantitative estimate of drug-likeness (QED) is 0.530. The number of piperidine rings is 1. The molecule has 14 heteroatoms. The molecule has 1 saturated carbocycles. The van der Waals surface area contributed by atoms with E-state index in [-0.39, 0.29) is 15.7 Å². The number of halogens is 2. The van der Waals surface area contributed by atoms with Crippen molar-refractivity contribution in [3.05, 3.63) is 23.5 Å². The third-order valence-electron chi connectivity index (χ3n) is 5.82. The molecule has 10 nitrogen and oxygen atoms in total. The Hall–Kier alpha value is -2.73. The van der Waals surface area contributed by atoms with Crippen molar-refractivity contribution in [1.29, 1.82) is 5.26 Å². The lowest BCUT2D eigenvalue weighted by Gasteiger charge is -2.32. The van der Waals surface area contributed by atoms with Crippen LogP contribution in [0.25, 0.3) is 16.3 Å². The number of imidazole rings is 1. The number of aliphatic hydroxyl groups is 1. The van der Waals surface area contributed by atoms with E-state index in [1.807, 2.05) is 11.0 Å². The first-order valence-corrected chi connectivity index (χ1v) is 12.5. The van der Waals surface area contributed by atoms with Gasteiger partial charge >= 0.3 is 0 Å². The molecule has 1 aliphatic carbocycles. The van der Waals surface area contributed by atoms with Gasteiger partial charge in [-0.2, -0.15) is 9.98 Å². The molecule has 1 aliphatic heterocycles. The van der Waals surface area contributed by atoms with E-state index in [2.05, 4.69) is 19.9 Å². The summed E-state index contributed by atoms with van der Waals surface area (Å²) in [6, 6.07) is 3.52. The number of rotatable bonds is 6. The van der Waals surface area contributed by atoms with Gasteiger partial charge < -0.3 is 10.0 Å². The molecule has 2 fully saturated rings. The predicted octanol–water partition coefficient (Wildman–Crippen LogP) is 2.09. The van der Waals surface area contributed by atoms with Crippen molar-refractivity contribution in [2.75, 3.05) is 18.0 Å². The number of pyridine rings is 1. The second kappa shape index (κ2) is 7.94. The van der Waals surface area contributed by atoms with Gasteiger partial charge in [-0.1, -0.05) is 11.3 Å². The molecule has 0 spiro atoms. The van der Waals surface area contributed by atoms with Gasteiger partial charge in [0.2, 0.25) is 10.0 Å². The lowest BCUT2D eigenvalue weighted by molar-refractivity contribution is 0.145. The van der Waals surface area contributed by atoms with Crippen LogP contribution in [0, 0.1) is 11.3 Å². The van der Waals surface area contributed by atoms with Crippen LogP contribution in [-0.2, 0) is 10.0 Å². The van der Waals surface area contributed by atoms with Crippen molar-refractivity contribution < 1.29 is 22.3 Å². The fourth-order valence-corrected chi connectivity index (χ4v) is 5.90. The zero-order valence-electron chi connectivity index (χ0n) is 17.1. The van der Waals surface area contributed by atoms with E-state index in [0.717, 1.165) is 0 Å². The smallest absolute Gasteiger partial charge is 0.291 e. The Kier molecular flexibility index (Phi) is 5.31. The first-order chi connectivity index (χ1) is 15.7. The van der Waals surface area contributed by atoms with Crippen LogP contribution in [0.1, 0.15) is 37.1 Å². The monoisotopic (exact) mass is 495 g/mol. The van der Waals surface area contributed by atoms with E-state index in [0.29, 0.717) is 61.3 Å². The molecular formula is C19H19F2N7O3S2. The van der Waals surface area contributed by atoms with Crippen LogP contribution in [0.5, 0.6) is 0 Å². The minimum Gasteiger partial charge on any atom is -0.393 e. The maximum Gasteiger partial charge on any atom is 0.291 e. The number of hydrogen-bond acceptors (Lipinski definition) is 9. The molecule has 0 bridgehead atoms. The SMILES string of the molecule is N#CC1(NS(=O)(=O)c2cc(N3CCC(O)CC3)c3cnc(-c4nnc(C(F)F)s4)n3c2)CC1. The van der Waals surface area contributed by atoms with Crippen LogP contribution in [0.2, 0.25) is 0 Å². The molecular weight excluding hydrogens is 476 g/mol. The molecule has 3 aromatic rings. The first kappa shape index (κ1) is 22.1. The molecule has 2 N–H and O–H groups in total. The van der Waals surface area contributed by atoms with Gasteiger partial charge in [0, 0.05) is 19.3 Å². The largest absolute Gasteiger partial charge is 0.393 e. The van der Waals surface area contributed by atoms with Gasteiger partial charge in [-0.15, -0.1) is 10.2 Å². The van der Waals surface area contributed by atoms with Crippen molar-refractivity contribution in [3.63, 3.8) is 0 Å². The predicted molar refractivity (Wildman–Crippen MR) is 114 cm³/mol. The van der Waals surface area contributed by atoms with Gasteiger partial charge in [0.25, 0.3) is 6.43 Å². The van der Waals surface area contributed by atoms with Gasteiger partial charge in [-0.05, 0) is 31.7 Å². The fourth-order valence-electron chi connectivity index (χ4n) is 3.81. The Balaban J connectivity index is 1.65. The summed E-state index contributed by atoms with van der Waals surface area (Å²) in [6.07, 6.45) is 1.57. The summed E-state index contributed by atoms with van der Waals surface area (Å²) in [4.78, 5) is 6.18. The number of nitriles is 1. The highest BCUT2D eigenvalue weighted by Crippen LogP contribution is 2.38. The maximum atomic E-state index is 13.2. The highest BCUT2D eigenvalue weighted by molar-refractivity contribution is 7.89. The molecule has 1 saturated heterocycles. The fraction of sp³-hybridized carbons (Fsp3) is 0.474. The second-order valence-electron chi connectivity index (χ2n) is 8.16. The summed E-state index contributed by atoms with van der Waals surface area (Å²) < 4.78 is 56.4. The molecule has 5 rings (SSSR count). The van der Waals surface area contributed by atoms with Crippen molar-refractivity contribution in [2.45, 2.75) is 48.6 Å². The van der Waals surface area contributed by atoms with Gasteiger partial charge in [0.15, 0.2) is 15.8 Å². The number of fused-ring (bicyclic) bond motifs is 1. The topological polar surface area (TPSA) is 137 Å². The summed E-state index contributed by atoms with van der Waals surface area (Å²) in [6.45, 7) is 1.01. The number of anilines is 1. The molecule has 0 atom stereocenters. The Labute approximate surface area is 191 Å². The van der Waals surface area contributed by atoms with Crippen LogP contribution in [0.15, 0.2) is 23.4 Å². The Bertz CT molecular complexity index is 1350. The zero-order chi connectivity index (χ0) is 23.4. The summed E-state index contributed by atoms with van der Waals surface area (Å²) >= 11 is 0.682. The van der Waals surface area contributed by atoms with Crippen LogP contribution in [-0.4, -0.2) is 57.8 Å². The molecule has 0 unspecified atom stereocenters. The third kappa shape index (κ3) is 4.05. The standard InChI is InChI=1S/C19H19F2N7O3S2/c20-15(21)17-24-25-18(32-17)16-23-8-14-13(27-5-1-11(29)2-6-27)7-12(9-28(14)16)33(30,31)26-19(10-22)3-4-19/h7-9,11,15,26,29H,1-6H2. The highest BCUT2D eigenvalue weighted by atomic mass is 32.2. The molecule has 3 aromatic heterocycles. The Morgan fingerprint density at radius 1 is 1.30 bits per heavy atom. The van der Waals surface area contributed by atoms with Crippen LogP contribution in [0.4, 0.5) is 14.5 Å².